The second kappa shape index (κ2) is 15.4. The highest BCUT2D eigenvalue weighted by atomic mass is 32.2. The normalized spacial score (nSPS) is 30.4. The van der Waals surface area contributed by atoms with E-state index >= 15 is 0 Å². The first kappa shape index (κ1) is 31.1. The topological polar surface area (TPSA) is 60.4 Å². The molecule has 222 valence electrons. The standard InChI is InChI=1S/C30H43NO5S4/c1-39-29-24(37)10-2-3-11-25(38)30(29)40-31(32)22-9-6-8-20(18-22)21-15-16-23(19-21)34-27-13-7-14-28(36-27)35-26-12-4-5-17-33-26/h6,8-9,18,21,23,26-28,32,37-38H,2-5,7,10-17,19H2,1H3/t21?,23?,26-,27+,28?/m1/s1. The molecule has 2 aliphatic carbocycles. The lowest BCUT2D eigenvalue weighted by atomic mass is 9.97. The average molecular weight is 626 g/mol. The Morgan fingerprint density at radius 1 is 0.875 bits per heavy atom. The average Bonchev–Trinajstić information content (AvgIpc) is 3.43. The number of thioether (sulfide) groups is 1. The summed E-state index contributed by atoms with van der Waals surface area (Å²) in [6.07, 6.45) is 14.7. The van der Waals surface area contributed by atoms with Crippen LogP contribution in [0.25, 0.3) is 0 Å². The van der Waals surface area contributed by atoms with Crippen molar-refractivity contribution in [3.05, 3.63) is 49.4 Å². The van der Waals surface area contributed by atoms with Crippen molar-refractivity contribution in [2.75, 3.05) is 17.3 Å². The van der Waals surface area contributed by atoms with E-state index in [1.807, 2.05) is 12.1 Å². The monoisotopic (exact) mass is 625 g/mol. The van der Waals surface area contributed by atoms with E-state index in [0.717, 1.165) is 115 Å². The Bertz CT molecular complexity index is 1050. The van der Waals surface area contributed by atoms with Crippen LogP contribution in [0.4, 0.5) is 5.69 Å². The molecule has 6 nitrogen and oxygen atoms in total. The lowest BCUT2D eigenvalue weighted by molar-refractivity contribution is -0.320. The van der Waals surface area contributed by atoms with Crippen LogP contribution in [0, 0.1) is 0 Å². The van der Waals surface area contributed by atoms with Crippen molar-refractivity contribution < 1.29 is 24.2 Å². The van der Waals surface area contributed by atoms with Crippen LogP contribution in [0.3, 0.4) is 0 Å². The van der Waals surface area contributed by atoms with Gasteiger partial charge in [-0.2, -0.15) is 4.47 Å². The van der Waals surface area contributed by atoms with Crippen molar-refractivity contribution in [1.29, 1.82) is 0 Å². The Hall–Kier alpha value is -0.300. The number of nitrogens with zero attached hydrogens (tertiary/aromatic N) is 1. The first-order chi connectivity index (χ1) is 19.5. The summed E-state index contributed by atoms with van der Waals surface area (Å²) in [5, 5.41) is 11.1. The van der Waals surface area contributed by atoms with E-state index in [0.29, 0.717) is 5.92 Å². The molecule has 4 aliphatic rings. The van der Waals surface area contributed by atoms with Crippen molar-refractivity contribution in [2.45, 2.75) is 114 Å². The van der Waals surface area contributed by atoms with Gasteiger partial charge in [0.15, 0.2) is 18.9 Å². The van der Waals surface area contributed by atoms with Crippen molar-refractivity contribution in [3.8, 4) is 0 Å². The van der Waals surface area contributed by atoms with E-state index in [1.54, 1.807) is 11.8 Å². The van der Waals surface area contributed by atoms with Crippen LogP contribution in [0.1, 0.15) is 95.0 Å². The molecule has 3 unspecified atom stereocenters. The number of hydrogen-bond acceptors (Lipinski definition) is 10. The van der Waals surface area contributed by atoms with Crippen LogP contribution in [-0.2, 0) is 18.9 Å². The molecule has 3 fully saturated rings. The third-order valence-corrected chi connectivity index (χ3v) is 11.3. The van der Waals surface area contributed by atoms with E-state index in [2.05, 4.69) is 18.4 Å². The van der Waals surface area contributed by atoms with Gasteiger partial charge in [-0.3, -0.25) is 5.21 Å². The van der Waals surface area contributed by atoms with Crippen molar-refractivity contribution in [2.24, 2.45) is 0 Å². The number of rotatable bonds is 9. The van der Waals surface area contributed by atoms with E-state index in [9.17, 15) is 5.21 Å². The molecular weight excluding hydrogens is 583 g/mol. The Kier molecular flexibility index (Phi) is 12.0. The zero-order valence-electron chi connectivity index (χ0n) is 23.3. The molecule has 0 radical (unpaired) electrons. The number of anilines is 1. The van der Waals surface area contributed by atoms with Gasteiger partial charge in [-0.25, -0.2) is 0 Å². The molecule has 2 saturated heterocycles. The zero-order valence-corrected chi connectivity index (χ0v) is 26.8. The first-order valence-corrected chi connectivity index (χ1v) is 17.6. The van der Waals surface area contributed by atoms with Crippen molar-refractivity contribution in [1.82, 2.24) is 0 Å². The van der Waals surface area contributed by atoms with Crippen molar-refractivity contribution in [3.63, 3.8) is 0 Å². The third kappa shape index (κ3) is 8.41. The molecule has 0 bridgehead atoms. The fourth-order valence-electron chi connectivity index (χ4n) is 5.94. The van der Waals surface area contributed by atoms with Crippen LogP contribution in [0.15, 0.2) is 43.9 Å². The fourth-order valence-corrected chi connectivity index (χ4v) is 8.84. The lowest BCUT2D eigenvalue weighted by Crippen LogP contribution is -2.37. The fraction of sp³-hybridized carbons (Fsp3) is 0.667. The largest absolute Gasteiger partial charge is 0.353 e. The molecule has 1 N–H and O–H groups in total. The Morgan fingerprint density at radius 2 is 1.62 bits per heavy atom. The summed E-state index contributed by atoms with van der Waals surface area (Å²) in [5.74, 6) is 0.390. The van der Waals surface area contributed by atoms with Gasteiger partial charge in [0.05, 0.1) is 16.7 Å². The SMILES string of the molecule is CSC1=C(S)CCCCC(S)=C1SN(O)c1cccc(C2CCC(O[C@@H]3CCCC(O[C@@H]4CCCCO4)O3)C2)c1. The molecule has 10 heteroatoms. The van der Waals surface area contributed by atoms with E-state index in [1.165, 1.54) is 22.0 Å². The van der Waals surface area contributed by atoms with Gasteiger partial charge in [0.2, 0.25) is 0 Å². The molecule has 2 aliphatic heterocycles. The molecular formula is C30H43NO5S4. The Balaban J connectivity index is 1.16. The summed E-state index contributed by atoms with van der Waals surface area (Å²) in [4.78, 5) is 4.18. The maximum absolute atomic E-state index is 11.1. The maximum atomic E-state index is 11.1. The van der Waals surface area contributed by atoms with Gasteiger partial charge in [0.25, 0.3) is 0 Å². The smallest absolute Gasteiger partial charge is 0.163 e. The summed E-state index contributed by atoms with van der Waals surface area (Å²) in [5.41, 5.74) is 2.00. The second-order valence-corrected chi connectivity index (χ2v) is 13.9. The zero-order chi connectivity index (χ0) is 27.9. The lowest BCUT2D eigenvalue weighted by Gasteiger charge is -2.34. The van der Waals surface area contributed by atoms with Gasteiger partial charge in [0, 0.05) is 23.5 Å². The summed E-state index contributed by atoms with van der Waals surface area (Å²) in [7, 11) is 0. The van der Waals surface area contributed by atoms with Gasteiger partial charge in [-0.15, -0.1) is 37.0 Å². The molecule has 1 saturated carbocycles. The predicted molar refractivity (Wildman–Crippen MR) is 171 cm³/mol. The summed E-state index contributed by atoms with van der Waals surface area (Å²) < 4.78 is 25.7. The molecule has 0 amide bonds. The van der Waals surface area contributed by atoms with E-state index < -0.39 is 0 Å². The van der Waals surface area contributed by atoms with Crippen LogP contribution in [0.2, 0.25) is 0 Å². The molecule has 0 spiro atoms. The molecule has 2 heterocycles. The number of thiol groups is 2. The van der Waals surface area contributed by atoms with E-state index in [4.69, 9.17) is 44.2 Å². The van der Waals surface area contributed by atoms with Crippen LogP contribution < -0.4 is 4.47 Å². The minimum atomic E-state index is -0.241. The molecule has 5 rings (SSSR count). The molecule has 40 heavy (non-hydrogen) atoms. The van der Waals surface area contributed by atoms with Gasteiger partial charge in [-0.05, 0) is 123 Å². The van der Waals surface area contributed by atoms with Gasteiger partial charge >= 0.3 is 0 Å². The summed E-state index contributed by atoms with van der Waals surface area (Å²) >= 11 is 12.6. The third-order valence-electron chi connectivity index (χ3n) is 8.11. The van der Waals surface area contributed by atoms with Gasteiger partial charge in [0.1, 0.15) is 0 Å². The number of hydrogen-bond donors (Lipinski definition) is 3. The number of ether oxygens (including phenoxy) is 4. The Morgan fingerprint density at radius 3 is 2.38 bits per heavy atom. The minimum Gasteiger partial charge on any atom is -0.353 e. The summed E-state index contributed by atoms with van der Waals surface area (Å²) in [6.45, 7) is 0.773. The highest BCUT2D eigenvalue weighted by molar-refractivity contribution is 8.09. The van der Waals surface area contributed by atoms with Gasteiger partial charge in [-0.1, -0.05) is 12.1 Å². The molecule has 0 aromatic heterocycles. The van der Waals surface area contributed by atoms with Crippen molar-refractivity contribution >= 4 is 54.7 Å². The van der Waals surface area contributed by atoms with Crippen LogP contribution >= 0.6 is 49.0 Å². The maximum Gasteiger partial charge on any atom is 0.163 e. The molecule has 1 aromatic rings. The van der Waals surface area contributed by atoms with E-state index in [-0.39, 0.29) is 25.0 Å². The first-order valence-electron chi connectivity index (χ1n) is 14.7. The van der Waals surface area contributed by atoms with Gasteiger partial charge < -0.3 is 18.9 Å². The van der Waals surface area contributed by atoms with Crippen LogP contribution in [-0.4, -0.2) is 43.0 Å². The quantitative estimate of drug-likeness (QED) is 0.143. The number of benzene rings is 1. The highest BCUT2D eigenvalue weighted by Gasteiger charge is 2.33. The predicted octanol–water partition coefficient (Wildman–Crippen LogP) is 8.80. The molecule has 1 aromatic carbocycles. The highest BCUT2D eigenvalue weighted by Crippen LogP contribution is 2.45. The summed E-state index contributed by atoms with van der Waals surface area (Å²) in [6, 6.07) is 8.26. The van der Waals surface area contributed by atoms with Crippen LogP contribution in [0.5, 0.6) is 0 Å². The molecule has 5 atom stereocenters. The number of allylic oxidation sites excluding steroid dienone is 2. The second-order valence-electron chi connectivity index (χ2n) is 11.0. The minimum absolute atomic E-state index is 0.143. The Labute approximate surface area is 258 Å².